The van der Waals surface area contributed by atoms with Crippen LogP contribution < -0.4 is 15.0 Å². The van der Waals surface area contributed by atoms with Crippen LogP contribution in [0.2, 0.25) is 0 Å². The number of benzene rings is 2. The van der Waals surface area contributed by atoms with Gasteiger partial charge in [-0.2, -0.15) is 0 Å². The van der Waals surface area contributed by atoms with E-state index in [0.29, 0.717) is 35.8 Å². The number of fused-ring (bicyclic) bond motifs is 2. The quantitative estimate of drug-likeness (QED) is 0.624. The number of para-hydroxylation sites is 1. The number of carbonyl (C=O) groups is 2. The summed E-state index contributed by atoms with van der Waals surface area (Å²) < 4.78 is 11.0. The standard InChI is InChI=1S/C24H26N2O4/c1-15(2)11-12-26-19-9-8-18(13-16(19)7-10-22(26)27)25-24(28)21-14-17-5-4-6-20(29-3)23(17)30-21/h4-6,8-9,13-15H,7,10-12H2,1-3H3,(H,25,28). The van der Waals surface area contributed by atoms with E-state index >= 15 is 0 Å². The van der Waals surface area contributed by atoms with Crippen LogP contribution >= 0.6 is 0 Å². The molecule has 0 spiro atoms. The number of furan rings is 1. The van der Waals surface area contributed by atoms with Crippen molar-refractivity contribution in [1.29, 1.82) is 0 Å². The zero-order valence-electron chi connectivity index (χ0n) is 17.5. The van der Waals surface area contributed by atoms with Gasteiger partial charge in [0.15, 0.2) is 17.1 Å². The summed E-state index contributed by atoms with van der Waals surface area (Å²) in [5.41, 5.74) is 3.25. The fourth-order valence-electron chi connectivity index (χ4n) is 3.77. The number of methoxy groups -OCH3 is 1. The number of rotatable bonds is 6. The molecular weight excluding hydrogens is 380 g/mol. The predicted molar refractivity (Wildman–Crippen MR) is 117 cm³/mol. The van der Waals surface area contributed by atoms with Crippen molar-refractivity contribution in [2.24, 2.45) is 5.92 Å². The fourth-order valence-corrected chi connectivity index (χ4v) is 3.77. The van der Waals surface area contributed by atoms with Gasteiger partial charge >= 0.3 is 0 Å². The third-order valence-electron chi connectivity index (χ3n) is 5.42. The second-order valence-corrected chi connectivity index (χ2v) is 8.01. The lowest BCUT2D eigenvalue weighted by Gasteiger charge is -2.30. The molecule has 30 heavy (non-hydrogen) atoms. The Hall–Kier alpha value is -3.28. The number of aryl methyl sites for hydroxylation is 1. The van der Waals surface area contributed by atoms with Crippen LogP contribution in [0.5, 0.6) is 5.75 Å². The van der Waals surface area contributed by atoms with E-state index in [2.05, 4.69) is 19.2 Å². The van der Waals surface area contributed by atoms with Crippen LogP contribution in [0, 0.1) is 5.92 Å². The maximum Gasteiger partial charge on any atom is 0.291 e. The third-order valence-corrected chi connectivity index (χ3v) is 5.42. The number of hydrogen-bond donors (Lipinski definition) is 1. The molecule has 0 bridgehead atoms. The van der Waals surface area contributed by atoms with Crippen LogP contribution in [0.15, 0.2) is 46.9 Å². The normalized spacial score (nSPS) is 13.6. The van der Waals surface area contributed by atoms with Gasteiger partial charge < -0.3 is 19.4 Å². The Morgan fingerprint density at radius 1 is 1.20 bits per heavy atom. The largest absolute Gasteiger partial charge is 0.493 e. The molecule has 6 heteroatoms. The lowest BCUT2D eigenvalue weighted by Crippen LogP contribution is -2.36. The molecule has 0 saturated heterocycles. The van der Waals surface area contributed by atoms with Crippen molar-refractivity contribution in [3.8, 4) is 5.75 Å². The molecule has 156 valence electrons. The minimum absolute atomic E-state index is 0.163. The number of nitrogens with zero attached hydrogens (tertiary/aromatic N) is 1. The second kappa shape index (κ2) is 8.22. The van der Waals surface area contributed by atoms with Gasteiger partial charge in [-0.25, -0.2) is 0 Å². The Bertz CT molecular complexity index is 1100. The first-order valence-electron chi connectivity index (χ1n) is 10.3. The summed E-state index contributed by atoms with van der Waals surface area (Å²) in [6.45, 7) is 5.03. The van der Waals surface area contributed by atoms with Gasteiger partial charge in [0.2, 0.25) is 5.91 Å². The van der Waals surface area contributed by atoms with Gasteiger partial charge in [0, 0.05) is 29.7 Å². The monoisotopic (exact) mass is 406 g/mol. The van der Waals surface area contributed by atoms with Gasteiger partial charge in [0.05, 0.1) is 7.11 Å². The first-order chi connectivity index (χ1) is 14.5. The van der Waals surface area contributed by atoms with E-state index in [4.69, 9.17) is 9.15 Å². The zero-order chi connectivity index (χ0) is 21.3. The van der Waals surface area contributed by atoms with E-state index in [-0.39, 0.29) is 17.6 Å². The molecule has 1 N–H and O–H groups in total. The van der Waals surface area contributed by atoms with Crippen LogP contribution in [0.4, 0.5) is 11.4 Å². The van der Waals surface area contributed by atoms with Crippen molar-refractivity contribution >= 4 is 34.2 Å². The lowest BCUT2D eigenvalue weighted by atomic mass is 9.99. The molecule has 4 rings (SSSR count). The van der Waals surface area contributed by atoms with Crippen molar-refractivity contribution in [1.82, 2.24) is 0 Å². The number of anilines is 2. The summed E-state index contributed by atoms with van der Waals surface area (Å²) in [5, 5.41) is 3.72. The van der Waals surface area contributed by atoms with Crippen LogP contribution in [0.3, 0.4) is 0 Å². The van der Waals surface area contributed by atoms with Gasteiger partial charge in [0.1, 0.15) is 0 Å². The minimum atomic E-state index is -0.322. The molecule has 1 aliphatic heterocycles. The average Bonchev–Trinajstić information content (AvgIpc) is 3.17. The first-order valence-corrected chi connectivity index (χ1v) is 10.3. The molecule has 2 amide bonds. The summed E-state index contributed by atoms with van der Waals surface area (Å²) >= 11 is 0. The Balaban J connectivity index is 1.54. The number of carbonyl (C=O) groups excluding carboxylic acids is 2. The van der Waals surface area contributed by atoms with Crippen LogP contribution in [0.25, 0.3) is 11.0 Å². The minimum Gasteiger partial charge on any atom is -0.493 e. The van der Waals surface area contributed by atoms with Gasteiger partial charge in [-0.1, -0.05) is 26.0 Å². The molecule has 0 radical (unpaired) electrons. The Morgan fingerprint density at radius 3 is 2.80 bits per heavy atom. The number of hydrogen-bond acceptors (Lipinski definition) is 4. The van der Waals surface area contributed by atoms with Crippen molar-refractivity contribution in [3.05, 3.63) is 53.8 Å². The van der Waals surface area contributed by atoms with Gasteiger partial charge in [-0.3, -0.25) is 9.59 Å². The molecule has 6 nitrogen and oxygen atoms in total. The van der Waals surface area contributed by atoms with E-state index in [1.165, 1.54) is 0 Å². The lowest BCUT2D eigenvalue weighted by molar-refractivity contribution is -0.118. The van der Waals surface area contributed by atoms with Crippen molar-refractivity contribution < 1.29 is 18.7 Å². The molecule has 1 aliphatic rings. The Morgan fingerprint density at radius 2 is 2.03 bits per heavy atom. The number of amides is 2. The summed E-state index contributed by atoms with van der Waals surface area (Å²) in [6.07, 6.45) is 2.13. The van der Waals surface area contributed by atoms with Crippen LogP contribution in [0.1, 0.15) is 42.8 Å². The van der Waals surface area contributed by atoms with Gasteiger partial charge in [-0.15, -0.1) is 0 Å². The number of ether oxygens (including phenoxy) is 1. The maximum absolute atomic E-state index is 12.7. The summed E-state index contributed by atoms with van der Waals surface area (Å²) in [5.74, 6) is 1.18. The molecule has 1 aromatic heterocycles. The fraction of sp³-hybridized carbons (Fsp3) is 0.333. The van der Waals surface area contributed by atoms with Crippen LogP contribution in [-0.4, -0.2) is 25.5 Å². The SMILES string of the molecule is COc1cccc2cc(C(=O)Nc3ccc4c(c3)CCC(=O)N4CCC(C)C)oc12. The molecule has 3 aromatic rings. The van der Waals surface area contributed by atoms with E-state index < -0.39 is 0 Å². The zero-order valence-corrected chi connectivity index (χ0v) is 17.5. The highest BCUT2D eigenvalue weighted by molar-refractivity contribution is 6.05. The Labute approximate surface area is 175 Å². The molecular formula is C24H26N2O4. The first kappa shape index (κ1) is 20.0. The Kier molecular flexibility index (Phi) is 5.48. The van der Waals surface area contributed by atoms with Crippen molar-refractivity contribution in [3.63, 3.8) is 0 Å². The highest BCUT2D eigenvalue weighted by atomic mass is 16.5. The molecule has 0 unspecified atom stereocenters. The smallest absolute Gasteiger partial charge is 0.291 e. The summed E-state index contributed by atoms with van der Waals surface area (Å²) in [7, 11) is 1.57. The van der Waals surface area contributed by atoms with Crippen LogP contribution in [-0.2, 0) is 11.2 Å². The summed E-state index contributed by atoms with van der Waals surface area (Å²) in [6, 6.07) is 12.9. The number of nitrogens with one attached hydrogen (secondary N) is 1. The molecule has 2 heterocycles. The van der Waals surface area contributed by atoms with Gasteiger partial charge in [-0.05, 0) is 54.7 Å². The highest BCUT2D eigenvalue weighted by Crippen LogP contribution is 2.32. The van der Waals surface area contributed by atoms with E-state index in [9.17, 15) is 9.59 Å². The average molecular weight is 406 g/mol. The molecule has 2 aromatic carbocycles. The predicted octanol–water partition coefficient (Wildman–Crippen LogP) is 5.02. The van der Waals surface area contributed by atoms with E-state index in [0.717, 1.165) is 29.6 Å². The van der Waals surface area contributed by atoms with Crippen molar-refractivity contribution in [2.45, 2.75) is 33.1 Å². The van der Waals surface area contributed by atoms with Crippen molar-refractivity contribution in [2.75, 3.05) is 23.9 Å². The third kappa shape index (κ3) is 3.90. The molecule has 0 fully saturated rings. The topological polar surface area (TPSA) is 71.8 Å². The maximum atomic E-state index is 12.7. The molecule has 0 saturated carbocycles. The second-order valence-electron chi connectivity index (χ2n) is 8.01. The van der Waals surface area contributed by atoms with Gasteiger partial charge in [0.25, 0.3) is 5.91 Å². The molecule has 0 atom stereocenters. The highest BCUT2D eigenvalue weighted by Gasteiger charge is 2.24. The van der Waals surface area contributed by atoms with E-state index in [1.807, 2.05) is 35.2 Å². The molecule has 0 aliphatic carbocycles. The van der Waals surface area contributed by atoms with E-state index in [1.54, 1.807) is 19.2 Å². The summed E-state index contributed by atoms with van der Waals surface area (Å²) in [4.78, 5) is 27.0.